The van der Waals surface area contributed by atoms with Crippen molar-refractivity contribution < 1.29 is 15.0 Å². The Labute approximate surface area is 174 Å². The summed E-state index contributed by atoms with van der Waals surface area (Å²) in [6.07, 6.45) is 2.42. The van der Waals surface area contributed by atoms with Crippen molar-refractivity contribution in [3.63, 3.8) is 0 Å². The van der Waals surface area contributed by atoms with E-state index in [0.29, 0.717) is 10.6 Å². The number of carbonyl (C=O) groups is 1. The number of hydrogen-bond donors (Lipinski definition) is 2. The first-order chi connectivity index (χ1) is 13.9. The molecule has 0 aromatic heterocycles. The van der Waals surface area contributed by atoms with Gasteiger partial charge in [-0.05, 0) is 84.4 Å². The molecule has 0 saturated carbocycles. The summed E-state index contributed by atoms with van der Waals surface area (Å²) in [5, 5.41) is 20.5. The van der Waals surface area contributed by atoms with Gasteiger partial charge in [-0.1, -0.05) is 47.5 Å². The fraction of sp³-hybridized carbons (Fsp3) is 0.160. The second-order valence-electron chi connectivity index (χ2n) is 7.41. The molecule has 3 aromatic rings. The van der Waals surface area contributed by atoms with E-state index >= 15 is 0 Å². The van der Waals surface area contributed by atoms with E-state index in [2.05, 4.69) is 24.3 Å². The number of halogens is 1. The quantitative estimate of drug-likeness (QED) is 0.534. The molecule has 4 rings (SSSR count). The minimum absolute atomic E-state index is 0.155. The molecule has 0 atom stereocenters. The summed E-state index contributed by atoms with van der Waals surface area (Å²) in [5.74, 6) is -0.767. The van der Waals surface area contributed by atoms with E-state index in [-0.39, 0.29) is 5.75 Å². The zero-order chi connectivity index (χ0) is 20.5. The number of phenolic OH excluding ortho intramolecular Hbond substituents is 1. The van der Waals surface area contributed by atoms with E-state index in [1.807, 2.05) is 19.1 Å². The lowest BCUT2D eigenvalue weighted by atomic mass is 9.87. The highest BCUT2D eigenvalue weighted by atomic mass is 35.5. The number of carboxylic acid groups (broad SMARTS) is 1. The molecule has 1 aliphatic rings. The number of rotatable bonds is 3. The van der Waals surface area contributed by atoms with Gasteiger partial charge in [0, 0.05) is 10.6 Å². The summed E-state index contributed by atoms with van der Waals surface area (Å²) in [6, 6.07) is 18.8. The third-order valence-corrected chi connectivity index (χ3v) is 5.66. The molecule has 4 heteroatoms. The zero-order valence-corrected chi connectivity index (χ0v) is 16.8. The molecule has 29 heavy (non-hydrogen) atoms. The smallest absolute Gasteiger partial charge is 0.335 e. The topological polar surface area (TPSA) is 57.5 Å². The van der Waals surface area contributed by atoms with Gasteiger partial charge in [0.1, 0.15) is 5.75 Å². The van der Waals surface area contributed by atoms with Crippen molar-refractivity contribution in [3.05, 3.63) is 99.1 Å². The van der Waals surface area contributed by atoms with E-state index in [1.54, 1.807) is 24.3 Å². The summed E-state index contributed by atoms with van der Waals surface area (Å²) < 4.78 is 0. The number of aryl methyl sites for hydroxylation is 2. The molecule has 0 amide bonds. The molecule has 0 radical (unpaired) electrons. The number of benzene rings is 3. The Bertz CT molecular complexity index is 1130. The Balaban J connectivity index is 2.02. The first kappa shape index (κ1) is 19.3. The summed E-state index contributed by atoms with van der Waals surface area (Å²) in [5.41, 5.74) is 7.39. The van der Waals surface area contributed by atoms with Gasteiger partial charge in [0.15, 0.2) is 0 Å². The molecule has 3 nitrogen and oxygen atoms in total. The molecule has 2 N–H and O–H groups in total. The fourth-order valence-electron chi connectivity index (χ4n) is 4.00. The number of aromatic hydroxyl groups is 1. The molecule has 0 saturated heterocycles. The van der Waals surface area contributed by atoms with Gasteiger partial charge in [-0.2, -0.15) is 0 Å². The van der Waals surface area contributed by atoms with Crippen molar-refractivity contribution in [2.24, 2.45) is 0 Å². The molecule has 3 aromatic carbocycles. The predicted octanol–water partition coefficient (Wildman–Crippen LogP) is 6.35. The van der Waals surface area contributed by atoms with Crippen LogP contribution in [0.3, 0.4) is 0 Å². The van der Waals surface area contributed by atoms with E-state index in [9.17, 15) is 15.0 Å². The third-order valence-electron chi connectivity index (χ3n) is 5.42. The first-order valence-corrected chi connectivity index (χ1v) is 9.97. The summed E-state index contributed by atoms with van der Waals surface area (Å²) in [4.78, 5) is 11.5. The molecule has 0 unspecified atom stereocenters. The Morgan fingerprint density at radius 3 is 2.34 bits per heavy atom. The summed E-state index contributed by atoms with van der Waals surface area (Å²) >= 11 is 6.06. The van der Waals surface area contributed by atoms with E-state index in [4.69, 9.17) is 11.6 Å². The van der Waals surface area contributed by atoms with Crippen LogP contribution >= 0.6 is 11.6 Å². The highest BCUT2D eigenvalue weighted by molar-refractivity contribution is 6.30. The van der Waals surface area contributed by atoms with Crippen LogP contribution in [0.15, 0.2) is 60.7 Å². The van der Waals surface area contributed by atoms with Crippen molar-refractivity contribution in [2.45, 2.75) is 26.2 Å². The van der Waals surface area contributed by atoms with Crippen LogP contribution in [0.25, 0.3) is 11.1 Å². The standard InChI is InChI=1S/C25H21ClO3/c1-15-5-7-16(8-6-15)24-20-11-9-18(25(28)29)13-17(20)3-2-4-22(24)21-12-10-19(26)14-23(21)27/h5-14,27H,2-4H2,1H3,(H,28,29). The molecule has 0 bridgehead atoms. The lowest BCUT2D eigenvalue weighted by molar-refractivity contribution is 0.0696. The van der Waals surface area contributed by atoms with Gasteiger partial charge in [-0.3, -0.25) is 0 Å². The van der Waals surface area contributed by atoms with Crippen LogP contribution in [0.5, 0.6) is 5.75 Å². The molecular formula is C25H21ClO3. The van der Waals surface area contributed by atoms with E-state index < -0.39 is 5.97 Å². The van der Waals surface area contributed by atoms with Gasteiger partial charge in [0.2, 0.25) is 0 Å². The average Bonchev–Trinajstić information content (AvgIpc) is 2.87. The van der Waals surface area contributed by atoms with Gasteiger partial charge < -0.3 is 10.2 Å². The number of carboxylic acids is 1. The van der Waals surface area contributed by atoms with Gasteiger partial charge >= 0.3 is 5.97 Å². The molecule has 0 aliphatic heterocycles. The van der Waals surface area contributed by atoms with Crippen molar-refractivity contribution >= 4 is 28.7 Å². The Kier molecular flexibility index (Phi) is 5.16. The summed E-state index contributed by atoms with van der Waals surface area (Å²) in [7, 11) is 0. The molecular weight excluding hydrogens is 384 g/mol. The van der Waals surface area contributed by atoms with E-state index in [0.717, 1.165) is 52.7 Å². The first-order valence-electron chi connectivity index (χ1n) is 9.59. The highest BCUT2D eigenvalue weighted by Gasteiger charge is 2.22. The largest absolute Gasteiger partial charge is 0.507 e. The van der Waals surface area contributed by atoms with Crippen LogP contribution in [0, 0.1) is 6.92 Å². The molecule has 0 fully saturated rings. The fourth-order valence-corrected chi connectivity index (χ4v) is 4.17. The van der Waals surface area contributed by atoms with Crippen LogP contribution in [-0.4, -0.2) is 16.2 Å². The average molecular weight is 405 g/mol. The SMILES string of the molecule is Cc1ccc(C2=C(c3ccc(Cl)cc3O)CCCc3cc(C(=O)O)ccc32)cc1. The van der Waals surface area contributed by atoms with Crippen LogP contribution in [-0.2, 0) is 6.42 Å². The van der Waals surface area contributed by atoms with Crippen LogP contribution in [0.1, 0.15) is 51.0 Å². The Morgan fingerprint density at radius 2 is 1.66 bits per heavy atom. The number of hydrogen-bond acceptors (Lipinski definition) is 2. The second kappa shape index (κ2) is 7.76. The minimum Gasteiger partial charge on any atom is -0.507 e. The van der Waals surface area contributed by atoms with Crippen LogP contribution in [0.4, 0.5) is 0 Å². The maximum atomic E-state index is 11.5. The molecule has 0 spiro atoms. The maximum absolute atomic E-state index is 11.5. The van der Waals surface area contributed by atoms with Gasteiger partial charge in [-0.15, -0.1) is 0 Å². The van der Waals surface area contributed by atoms with E-state index in [1.165, 1.54) is 5.56 Å². The zero-order valence-electron chi connectivity index (χ0n) is 16.1. The summed E-state index contributed by atoms with van der Waals surface area (Å²) in [6.45, 7) is 2.05. The Morgan fingerprint density at radius 1 is 0.931 bits per heavy atom. The van der Waals surface area contributed by atoms with Gasteiger partial charge in [-0.25, -0.2) is 4.79 Å². The number of allylic oxidation sites excluding steroid dienone is 1. The van der Waals surface area contributed by atoms with Gasteiger partial charge in [0.25, 0.3) is 0 Å². The monoisotopic (exact) mass is 404 g/mol. The number of phenols is 1. The minimum atomic E-state index is -0.923. The number of aromatic carboxylic acids is 1. The van der Waals surface area contributed by atoms with Crippen molar-refractivity contribution in [1.82, 2.24) is 0 Å². The third kappa shape index (κ3) is 3.79. The van der Waals surface area contributed by atoms with Crippen molar-refractivity contribution in [2.75, 3.05) is 0 Å². The highest BCUT2D eigenvalue weighted by Crippen LogP contribution is 2.42. The predicted molar refractivity (Wildman–Crippen MR) is 117 cm³/mol. The lowest BCUT2D eigenvalue weighted by Gasteiger charge is -2.18. The maximum Gasteiger partial charge on any atom is 0.335 e. The molecule has 146 valence electrons. The van der Waals surface area contributed by atoms with Crippen molar-refractivity contribution in [1.29, 1.82) is 0 Å². The Hall–Kier alpha value is -3.04. The van der Waals surface area contributed by atoms with Gasteiger partial charge in [0.05, 0.1) is 5.56 Å². The normalized spacial score (nSPS) is 13.7. The second-order valence-corrected chi connectivity index (χ2v) is 7.85. The molecule has 1 aliphatic carbocycles. The number of fused-ring (bicyclic) bond motifs is 1. The van der Waals surface area contributed by atoms with Crippen LogP contribution in [0.2, 0.25) is 5.02 Å². The lowest BCUT2D eigenvalue weighted by Crippen LogP contribution is -2.01. The van der Waals surface area contributed by atoms with Crippen LogP contribution < -0.4 is 0 Å². The van der Waals surface area contributed by atoms with Crippen molar-refractivity contribution in [3.8, 4) is 5.75 Å². The molecule has 0 heterocycles.